The Bertz CT molecular complexity index is 187. The standard InChI is InChI=1S/C10H20N2OS/c1-2-5-11-10(14)12-6-3-4-9(7-12)8-13/h9,13H,2-8H2,1H3,(H,11,14). The fourth-order valence-corrected chi connectivity index (χ4v) is 2.01. The lowest BCUT2D eigenvalue weighted by molar-refractivity contribution is 0.160. The van der Waals surface area contributed by atoms with E-state index in [2.05, 4.69) is 17.1 Å². The number of nitrogens with zero attached hydrogens (tertiary/aromatic N) is 1. The Hall–Kier alpha value is -0.350. The molecule has 1 aliphatic heterocycles. The van der Waals surface area contributed by atoms with Crippen molar-refractivity contribution in [3.8, 4) is 0 Å². The van der Waals surface area contributed by atoms with Crippen LogP contribution in [0.15, 0.2) is 0 Å². The zero-order valence-electron chi connectivity index (χ0n) is 8.83. The third-order valence-corrected chi connectivity index (χ3v) is 2.99. The molecule has 0 aromatic rings. The molecule has 0 aliphatic carbocycles. The molecule has 1 rings (SSSR count). The van der Waals surface area contributed by atoms with E-state index in [1.807, 2.05) is 0 Å². The van der Waals surface area contributed by atoms with Crippen LogP contribution in [0.3, 0.4) is 0 Å². The van der Waals surface area contributed by atoms with Gasteiger partial charge in [0.1, 0.15) is 0 Å². The van der Waals surface area contributed by atoms with Gasteiger partial charge in [-0.3, -0.25) is 0 Å². The second-order valence-electron chi connectivity index (χ2n) is 3.87. The predicted octanol–water partition coefficient (Wildman–Crippen LogP) is 0.975. The van der Waals surface area contributed by atoms with Crippen molar-refractivity contribution in [2.75, 3.05) is 26.2 Å². The smallest absolute Gasteiger partial charge is 0.168 e. The second kappa shape index (κ2) is 6.19. The summed E-state index contributed by atoms with van der Waals surface area (Å²) in [5.41, 5.74) is 0. The molecule has 0 saturated carbocycles. The van der Waals surface area contributed by atoms with Gasteiger partial charge in [0.25, 0.3) is 0 Å². The first-order valence-corrected chi connectivity index (χ1v) is 5.82. The Labute approximate surface area is 91.5 Å². The largest absolute Gasteiger partial charge is 0.396 e. The number of likely N-dealkylation sites (tertiary alicyclic amines) is 1. The summed E-state index contributed by atoms with van der Waals surface area (Å²) >= 11 is 5.27. The molecule has 14 heavy (non-hydrogen) atoms. The maximum Gasteiger partial charge on any atom is 0.168 e. The van der Waals surface area contributed by atoms with Crippen molar-refractivity contribution in [3.63, 3.8) is 0 Å². The molecule has 0 radical (unpaired) electrons. The molecule has 1 aliphatic rings. The summed E-state index contributed by atoms with van der Waals surface area (Å²) in [6.45, 7) is 5.30. The highest BCUT2D eigenvalue weighted by Gasteiger charge is 2.20. The molecule has 0 amide bonds. The van der Waals surface area contributed by atoms with E-state index in [4.69, 9.17) is 17.3 Å². The van der Waals surface area contributed by atoms with Crippen molar-refractivity contribution in [1.29, 1.82) is 0 Å². The van der Waals surface area contributed by atoms with Gasteiger partial charge in [0.05, 0.1) is 0 Å². The van der Waals surface area contributed by atoms with Gasteiger partial charge in [-0.2, -0.15) is 0 Å². The summed E-state index contributed by atoms with van der Waals surface area (Å²) in [4.78, 5) is 2.18. The van der Waals surface area contributed by atoms with E-state index < -0.39 is 0 Å². The van der Waals surface area contributed by atoms with Crippen LogP contribution in [0, 0.1) is 5.92 Å². The van der Waals surface area contributed by atoms with Gasteiger partial charge in [0.15, 0.2) is 5.11 Å². The minimum Gasteiger partial charge on any atom is -0.396 e. The number of aliphatic hydroxyl groups is 1. The topological polar surface area (TPSA) is 35.5 Å². The number of nitrogens with one attached hydrogen (secondary N) is 1. The van der Waals surface area contributed by atoms with Crippen LogP contribution in [0.25, 0.3) is 0 Å². The maximum absolute atomic E-state index is 9.08. The van der Waals surface area contributed by atoms with Crippen LogP contribution in [0.1, 0.15) is 26.2 Å². The monoisotopic (exact) mass is 216 g/mol. The average Bonchev–Trinajstić information content (AvgIpc) is 2.26. The minimum absolute atomic E-state index is 0.285. The van der Waals surface area contributed by atoms with Crippen LogP contribution < -0.4 is 5.32 Å². The molecule has 4 heteroatoms. The fraction of sp³-hybridized carbons (Fsp3) is 0.900. The Morgan fingerprint density at radius 1 is 1.64 bits per heavy atom. The number of hydrogen-bond acceptors (Lipinski definition) is 2. The highest BCUT2D eigenvalue weighted by atomic mass is 32.1. The van der Waals surface area contributed by atoms with Gasteiger partial charge in [0, 0.05) is 26.2 Å². The molecule has 0 spiro atoms. The number of hydrogen-bond donors (Lipinski definition) is 2. The first kappa shape index (κ1) is 11.7. The maximum atomic E-state index is 9.08. The third-order valence-electron chi connectivity index (χ3n) is 2.59. The lowest BCUT2D eigenvalue weighted by Crippen LogP contribution is -2.46. The molecule has 1 saturated heterocycles. The molecule has 0 aromatic heterocycles. The molecule has 1 fully saturated rings. The van der Waals surface area contributed by atoms with Crippen molar-refractivity contribution in [2.24, 2.45) is 5.92 Å². The quantitative estimate of drug-likeness (QED) is 0.689. The van der Waals surface area contributed by atoms with E-state index in [-0.39, 0.29) is 6.61 Å². The van der Waals surface area contributed by atoms with E-state index in [9.17, 15) is 0 Å². The van der Waals surface area contributed by atoms with Gasteiger partial charge in [-0.1, -0.05) is 6.92 Å². The molecule has 0 bridgehead atoms. The summed E-state index contributed by atoms with van der Waals surface area (Å²) in [5.74, 6) is 0.408. The Morgan fingerprint density at radius 2 is 2.43 bits per heavy atom. The van der Waals surface area contributed by atoms with Crippen LogP contribution in [-0.4, -0.2) is 41.4 Å². The van der Waals surface area contributed by atoms with Gasteiger partial charge in [-0.05, 0) is 37.4 Å². The highest BCUT2D eigenvalue weighted by Crippen LogP contribution is 2.15. The Morgan fingerprint density at radius 3 is 3.07 bits per heavy atom. The van der Waals surface area contributed by atoms with Crippen molar-refractivity contribution >= 4 is 17.3 Å². The lowest BCUT2D eigenvalue weighted by Gasteiger charge is -2.33. The van der Waals surface area contributed by atoms with Crippen molar-refractivity contribution in [3.05, 3.63) is 0 Å². The highest BCUT2D eigenvalue weighted by molar-refractivity contribution is 7.80. The van der Waals surface area contributed by atoms with E-state index in [0.717, 1.165) is 44.0 Å². The lowest BCUT2D eigenvalue weighted by atomic mass is 9.99. The molecular formula is C10H20N2OS. The summed E-state index contributed by atoms with van der Waals surface area (Å²) in [6, 6.07) is 0. The summed E-state index contributed by atoms with van der Waals surface area (Å²) in [5, 5.41) is 13.2. The van der Waals surface area contributed by atoms with E-state index in [0.29, 0.717) is 5.92 Å². The summed E-state index contributed by atoms with van der Waals surface area (Å²) in [6.07, 6.45) is 3.36. The zero-order valence-corrected chi connectivity index (χ0v) is 9.65. The fourth-order valence-electron chi connectivity index (χ4n) is 1.74. The molecular weight excluding hydrogens is 196 g/mol. The van der Waals surface area contributed by atoms with Crippen molar-refractivity contribution in [2.45, 2.75) is 26.2 Å². The normalized spacial score (nSPS) is 22.1. The molecule has 1 unspecified atom stereocenters. The van der Waals surface area contributed by atoms with Crippen LogP contribution in [0.5, 0.6) is 0 Å². The second-order valence-corrected chi connectivity index (χ2v) is 4.26. The molecule has 2 N–H and O–H groups in total. The van der Waals surface area contributed by atoms with Gasteiger partial charge < -0.3 is 15.3 Å². The zero-order chi connectivity index (χ0) is 10.4. The number of rotatable bonds is 3. The number of aliphatic hydroxyl groups excluding tert-OH is 1. The van der Waals surface area contributed by atoms with Gasteiger partial charge in [-0.15, -0.1) is 0 Å². The van der Waals surface area contributed by atoms with Crippen LogP contribution in [0.2, 0.25) is 0 Å². The van der Waals surface area contributed by atoms with Crippen molar-refractivity contribution < 1.29 is 5.11 Å². The van der Waals surface area contributed by atoms with E-state index in [1.54, 1.807) is 0 Å². The Kier molecular flexibility index (Phi) is 5.19. The Balaban J connectivity index is 2.31. The SMILES string of the molecule is CCCNC(=S)N1CCCC(CO)C1. The van der Waals surface area contributed by atoms with Gasteiger partial charge in [0.2, 0.25) is 0 Å². The van der Waals surface area contributed by atoms with Crippen LogP contribution >= 0.6 is 12.2 Å². The van der Waals surface area contributed by atoms with E-state index in [1.165, 1.54) is 0 Å². The minimum atomic E-state index is 0.285. The summed E-state index contributed by atoms with van der Waals surface area (Å²) < 4.78 is 0. The molecule has 1 atom stereocenters. The van der Waals surface area contributed by atoms with E-state index >= 15 is 0 Å². The van der Waals surface area contributed by atoms with Crippen LogP contribution in [0.4, 0.5) is 0 Å². The van der Waals surface area contributed by atoms with Crippen LogP contribution in [-0.2, 0) is 0 Å². The third kappa shape index (κ3) is 3.42. The van der Waals surface area contributed by atoms with Gasteiger partial charge >= 0.3 is 0 Å². The van der Waals surface area contributed by atoms with Gasteiger partial charge in [-0.25, -0.2) is 0 Å². The molecule has 0 aromatic carbocycles. The average molecular weight is 216 g/mol. The molecule has 1 heterocycles. The number of piperidine rings is 1. The first-order chi connectivity index (χ1) is 6.77. The molecule has 3 nitrogen and oxygen atoms in total. The number of thiocarbonyl (C=S) groups is 1. The summed E-state index contributed by atoms with van der Waals surface area (Å²) in [7, 11) is 0. The first-order valence-electron chi connectivity index (χ1n) is 5.41. The predicted molar refractivity (Wildman–Crippen MR) is 62.3 cm³/mol. The molecule has 82 valence electrons. The van der Waals surface area contributed by atoms with Crippen molar-refractivity contribution in [1.82, 2.24) is 10.2 Å².